The van der Waals surface area contributed by atoms with Crippen LogP contribution in [-0.2, 0) is 13.0 Å². The first-order valence-corrected chi connectivity index (χ1v) is 8.48. The summed E-state index contributed by atoms with van der Waals surface area (Å²) in [5.74, 6) is 1.02. The summed E-state index contributed by atoms with van der Waals surface area (Å²) in [6.45, 7) is 0.624. The van der Waals surface area contributed by atoms with Gasteiger partial charge in [0.05, 0.1) is 5.52 Å². The number of pyridine rings is 1. The van der Waals surface area contributed by atoms with Crippen LogP contribution in [0.15, 0.2) is 73.1 Å². The lowest BCUT2D eigenvalue weighted by Crippen LogP contribution is -2.16. The number of nitrogens with one attached hydrogen (secondary N) is 1. The van der Waals surface area contributed by atoms with E-state index >= 15 is 0 Å². The molecule has 0 bridgehead atoms. The summed E-state index contributed by atoms with van der Waals surface area (Å²) in [4.78, 5) is 9.24. The Morgan fingerprint density at radius 1 is 1.00 bits per heavy atom. The van der Waals surface area contributed by atoms with Gasteiger partial charge in [-0.2, -0.15) is 0 Å². The van der Waals surface area contributed by atoms with Crippen molar-refractivity contribution < 1.29 is 0 Å². The maximum atomic E-state index is 7.76. The molecule has 4 aromatic rings. The number of rotatable bonds is 5. The first-order valence-electron chi connectivity index (χ1n) is 8.48. The first-order chi connectivity index (χ1) is 12.7. The van der Waals surface area contributed by atoms with Gasteiger partial charge in [-0.15, -0.1) is 0 Å². The summed E-state index contributed by atoms with van der Waals surface area (Å²) in [5.41, 5.74) is 9.45. The molecule has 0 atom stereocenters. The fourth-order valence-electron chi connectivity index (χ4n) is 3.12. The molecule has 4 rings (SSSR count). The fraction of sp³-hybridized carbons (Fsp3) is 0.0952. The van der Waals surface area contributed by atoms with Gasteiger partial charge in [-0.25, -0.2) is 4.98 Å². The molecule has 0 saturated heterocycles. The van der Waals surface area contributed by atoms with Gasteiger partial charge in [0.25, 0.3) is 0 Å². The van der Waals surface area contributed by atoms with Crippen molar-refractivity contribution in [2.75, 3.05) is 0 Å². The molecule has 0 saturated carbocycles. The van der Waals surface area contributed by atoms with Crippen LogP contribution in [0.25, 0.3) is 10.9 Å². The molecule has 0 fully saturated rings. The molecule has 0 unspecified atom stereocenters. The number of hydrogen-bond donors (Lipinski definition) is 2. The average Bonchev–Trinajstić information content (AvgIpc) is 3.08. The summed E-state index contributed by atoms with van der Waals surface area (Å²) < 4.78 is 2.08. The Balaban J connectivity index is 1.62. The van der Waals surface area contributed by atoms with E-state index in [0.717, 1.165) is 33.5 Å². The highest BCUT2D eigenvalue weighted by molar-refractivity contribution is 5.96. The van der Waals surface area contributed by atoms with Gasteiger partial charge in [0.15, 0.2) is 0 Å². The topological polar surface area (TPSA) is 80.6 Å². The number of amidine groups is 1. The zero-order chi connectivity index (χ0) is 17.9. The summed E-state index contributed by atoms with van der Waals surface area (Å²) in [7, 11) is 0. The van der Waals surface area contributed by atoms with E-state index < -0.39 is 0 Å². The number of imidazole rings is 1. The monoisotopic (exact) mass is 341 g/mol. The number of fused-ring (bicyclic) bond motifs is 1. The van der Waals surface area contributed by atoms with Gasteiger partial charge in [-0.1, -0.05) is 48.5 Å². The molecule has 2 aromatic carbocycles. The quantitative estimate of drug-likeness (QED) is 0.431. The Kier molecular flexibility index (Phi) is 4.19. The SMILES string of the molecule is N=C(N)c1ccccc1Cn1ccnc1Cc1ccc2ccccc2n1. The number of hydrogen-bond acceptors (Lipinski definition) is 3. The lowest BCUT2D eigenvalue weighted by Gasteiger charge is -2.11. The van der Waals surface area contributed by atoms with Gasteiger partial charge < -0.3 is 10.3 Å². The Morgan fingerprint density at radius 3 is 2.69 bits per heavy atom. The van der Waals surface area contributed by atoms with E-state index in [4.69, 9.17) is 16.1 Å². The Labute approximate surface area is 151 Å². The Hall–Kier alpha value is -3.47. The molecular weight excluding hydrogens is 322 g/mol. The van der Waals surface area contributed by atoms with E-state index in [-0.39, 0.29) is 5.84 Å². The minimum atomic E-state index is 0.0819. The third-order valence-electron chi connectivity index (χ3n) is 4.45. The van der Waals surface area contributed by atoms with Gasteiger partial charge in [0.1, 0.15) is 11.7 Å². The van der Waals surface area contributed by atoms with Crippen molar-refractivity contribution in [2.24, 2.45) is 5.73 Å². The van der Waals surface area contributed by atoms with Crippen LogP contribution >= 0.6 is 0 Å². The average molecular weight is 341 g/mol. The maximum Gasteiger partial charge on any atom is 0.123 e. The van der Waals surface area contributed by atoms with Crippen LogP contribution in [0, 0.1) is 5.41 Å². The zero-order valence-corrected chi connectivity index (χ0v) is 14.3. The third kappa shape index (κ3) is 3.19. The van der Waals surface area contributed by atoms with Crippen LogP contribution in [0.5, 0.6) is 0 Å². The predicted molar refractivity (Wildman–Crippen MR) is 103 cm³/mol. The minimum absolute atomic E-state index is 0.0819. The van der Waals surface area contributed by atoms with Crippen molar-refractivity contribution in [1.29, 1.82) is 5.41 Å². The Bertz CT molecular complexity index is 1080. The fourth-order valence-corrected chi connectivity index (χ4v) is 3.12. The van der Waals surface area contributed by atoms with Gasteiger partial charge in [0.2, 0.25) is 0 Å². The van der Waals surface area contributed by atoms with Crippen molar-refractivity contribution in [2.45, 2.75) is 13.0 Å². The molecule has 5 nitrogen and oxygen atoms in total. The number of benzene rings is 2. The molecule has 128 valence electrons. The molecule has 3 N–H and O–H groups in total. The second-order valence-corrected chi connectivity index (χ2v) is 6.21. The molecule has 0 aliphatic heterocycles. The second-order valence-electron chi connectivity index (χ2n) is 6.21. The van der Waals surface area contributed by atoms with Crippen molar-refractivity contribution in [3.05, 3.63) is 95.7 Å². The summed E-state index contributed by atoms with van der Waals surface area (Å²) in [5, 5.41) is 8.89. The molecular formula is C21H19N5. The third-order valence-corrected chi connectivity index (χ3v) is 4.45. The van der Waals surface area contributed by atoms with Crippen LogP contribution in [-0.4, -0.2) is 20.4 Å². The molecule has 2 heterocycles. The second kappa shape index (κ2) is 6.80. The van der Waals surface area contributed by atoms with Crippen molar-refractivity contribution in [3.8, 4) is 0 Å². The highest BCUT2D eigenvalue weighted by atomic mass is 15.1. The number of nitrogen functional groups attached to an aromatic ring is 1. The molecule has 0 aliphatic carbocycles. The molecule has 0 spiro atoms. The number of nitrogens with zero attached hydrogens (tertiary/aromatic N) is 3. The Morgan fingerprint density at radius 2 is 1.81 bits per heavy atom. The summed E-state index contributed by atoms with van der Waals surface area (Å²) in [6.07, 6.45) is 4.40. The van der Waals surface area contributed by atoms with Gasteiger partial charge in [-0.3, -0.25) is 10.4 Å². The van der Waals surface area contributed by atoms with E-state index in [9.17, 15) is 0 Å². The highest BCUT2D eigenvalue weighted by Gasteiger charge is 2.10. The number of aromatic nitrogens is 3. The van der Waals surface area contributed by atoms with Gasteiger partial charge in [-0.05, 0) is 17.7 Å². The van der Waals surface area contributed by atoms with Crippen LogP contribution in [0.2, 0.25) is 0 Å². The zero-order valence-electron chi connectivity index (χ0n) is 14.3. The van der Waals surface area contributed by atoms with Crippen molar-refractivity contribution in [3.63, 3.8) is 0 Å². The lowest BCUT2D eigenvalue weighted by molar-refractivity contribution is 0.735. The minimum Gasteiger partial charge on any atom is -0.384 e. The number of nitrogens with two attached hydrogens (primary N) is 1. The molecule has 0 amide bonds. The molecule has 0 radical (unpaired) electrons. The first kappa shape index (κ1) is 16.0. The van der Waals surface area contributed by atoms with Crippen LogP contribution in [0.3, 0.4) is 0 Å². The summed E-state index contributed by atoms with van der Waals surface area (Å²) >= 11 is 0. The lowest BCUT2D eigenvalue weighted by atomic mass is 10.1. The predicted octanol–water partition coefficient (Wildman–Crippen LogP) is 3.35. The van der Waals surface area contributed by atoms with Crippen LogP contribution in [0.4, 0.5) is 0 Å². The van der Waals surface area contributed by atoms with Crippen LogP contribution < -0.4 is 5.73 Å². The maximum absolute atomic E-state index is 7.76. The van der Waals surface area contributed by atoms with Crippen molar-refractivity contribution >= 4 is 16.7 Å². The molecule has 0 aliphatic rings. The van der Waals surface area contributed by atoms with Gasteiger partial charge in [0, 0.05) is 42.0 Å². The molecule has 26 heavy (non-hydrogen) atoms. The highest BCUT2D eigenvalue weighted by Crippen LogP contribution is 2.16. The van der Waals surface area contributed by atoms with E-state index in [1.54, 1.807) is 6.20 Å². The van der Waals surface area contributed by atoms with E-state index in [0.29, 0.717) is 13.0 Å². The van der Waals surface area contributed by atoms with Crippen molar-refractivity contribution in [1.82, 2.24) is 14.5 Å². The van der Waals surface area contributed by atoms with E-state index in [2.05, 4.69) is 21.7 Å². The number of para-hydroxylation sites is 1. The normalized spacial score (nSPS) is 10.9. The molecule has 2 aromatic heterocycles. The smallest absolute Gasteiger partial charge is 0.123 e. The van der Waals surface area contributed by atoms with E-state index in [1.807, 2.05) is 54.7 Å². The standard InChI is InChI=1S/C21H19N5/c22-21(23)18-7-3-1-6-16(18)14-26-12-11-24-20(26)13-17-10-9-15-5-2-4-8-19(15)25-17/h1-12H,13-14H2,(H3,22,23). The summed E-state index contributed by atoms with van der Waals surface area (Å²) in [6, 6.07) is 20.0. The molecule has 5 heteroatoms. The van der Waals surface area contributed by atoms with Crippen LogP contribution in [0.1, 0.15) is 22.6 Å². The largest absolute Gasteiger partial charge is 0.384 e. The van der Waals surface area contributed by atoms with E-state index in [1.165, 1.54) is 0 Å². The van der Waals surface area contributed by atoms with Gasteiger partial charge >= 0.3 is 0 Å².